The standard InChI is InChI=1S/C24H30FNO/c1-3-18-7-6-14-26(16-18)22-13-11-19-8-4-5-9-20(19)24(22)27-23-15-17(2)10-12-21(23)25/h4-5,8-10,12,15,18,22,24H,3,6-7,11,13-14,16H2,1-2H3. The van der Waals surface area contributed by atoms with Crippen molar-refractivity contribution in [3.05, 3.63) is 65.0 Å². The molecule has 1 saturated heterocycles. The quantitative estimate of drug-likeness (QED) is 0.688. The molecule has 2 aromatic rings. The first kappa shape index (κ1) is 18.5. The maximum Gasteiger partial charge on any atom is 0.165 e. The van der Waals surface area contributed by atoms with Gasteiger partial charge < -0.3 is 4.74 Å². The van der Waals surface area contributed by atoms with E-state index < -0.39 is 0 Å². The summed E-state index contributed by atoms with van der Waals surface area (Å²) >= 11 is 0. The second-order valence-corrected chi connectivity index (χ2v) is 8.19. The largest absolute Gasteiger partial charge is 0.481 e. The summed E-state index contributed by atoms with van der Waals surface area (Å²) < 4.78 is 20.9. The van der Waals surface area contributed by atoms with Crippen LogP contribution < -0.4 is 4.74 Å². The van der Waals surface area contributed by atoms with Crippen LogP contribution in [-0.4, -0.2) is 24.0 Å². The van der Waals surface area contributed by atoms with Crippen molar-refractivity contribution in [1.29, 1.82) is 0 Å². The molecule has 3 heteroatoms. The number of hydrogen-bond donors (Lipinski definition) is 0. The lowest BCUT2D eigenvalue weighted by Gasteiger charge is -2.44. The van der Waals surface area contributed by atoms with Gasteiger partial charge >= 0.3 is 0 Å². The van der Waals surface area contributed by atoms with E-state index in [-0.39, 0.29) is 11.9 Å². The second kappa shape index (κ2) is 8.02. The molecule has 3 atom stereocenters. The van der Waals surface area contributed by atoms with Gasteiger partial charge in [0.15, 0.2) is 11.6 Å². The van der Waals surface area contributed by atoms with Crippen molar-refractivity contribution in [2.75, 3.05) is 13.1 Å². The van der Waals surface area contributed by atoms with Gasteiger partial charge in [0.2, 0.25) is 0 Å². The Hall–Kier alpha value is -1.87. The molecule has 2 aromatic carbocycles. The van der Waals surface area contributed by atoms with Crippen molar-refractivity contribution in [2.45, 2.75) is 58.1 Å². The van der Waals surface area contributed by atoms with Gasteiger partial charge in [-0.2, -0.15) is 0 Å². The molecule has 4 rings (SSSR count). The molecule has 0 bridgehead atoms. The second-order valence-electron chi connectivity index (χ2n) is 8.19. The molecule has 0 saturated carbocycles. The minimum atomic E-state index is -0.271. The molecule has 144 valence electrons. The number of piperidine rings is 1. The summed E-state index contributed by atoms with van der Waals surface area (Å²) in [6.45, 7) is 6.54. The van der Waals surface area contributed by atoms with E-state index in [2.05, 4.69) is 36.1 Å². The molecule has 2 aliphatic rings. The monoisotopic (exact) mass is 367 g/mol. The normalized spacial score (nSPS) is 25.8. The Balaban J connectivity index is 1.67. The summed E-state index contributed by atoms with van der Waals surface area (Å²) in [5.74, 6) is 0.880. The summed E-state index contributed by atoms with van der Waals surface area (Å²) in [7, 11) is 0. The maximum absolute atomic E-state index is 14.4. The first-order valence-electron chi connectivity index (χ1n) is 10.4. The van der Waals surface area contributed by atoms with Gasteiger partial charge in [-0.1, -0.05) is 43.7 Å². The lowest BCUT2D eigenvalue weighted by Crippen LogP contribution is -2.48. The summed E-state index contributed by atoms with van der Waals surface area (Å²) in [6, 6.07) is 14.0. The first-order chi connectivity index (χ1) is 13.2. The minimum Gasteiger partial charge on any atom is -0.481 e. The third kappa shape index (κ3) is 3.89. The molecule has 2 nitrogen and oxygen atoms in total. The Morgan fingerprint density at radius 2 is 2.00 bits per heavy atom. The highest BCUT2D eigenvalue weighted by Crippen LogP contribution is 2.39. The van der Waals surface area contributed by atoms with E-state index in [4.69, 9.17) is 4.74 Å². The van der Waals surface area contributed by atoms with Crippen LogP contribution >= 0.6 is 0 Å². The van der Waals surface area contributed by atoms with Gasteiger partial charge in [0.05, 0.1) is 6.04 Å². The third-order valence-corrected chi connectivity index (χ3v) is 6.36. The van der Waals surface area contributed by atoms with E-state index in [1.54, 1.807) is 6.07 Å². The average Bonchev–Trinajstić information content (AvgIpc) is 2.71. The first-order valence-corrected chi connectivity index (χ1v) is 10.4. The average molecular weight is 368 g/mol. The van der Waals surface area contributed by atoms with Crippen LogP contribution in [0.1, 0.15) is 55.4 Å². The number of fused-ring (bicyclic) bond motifs is 1. The molecular formula is C24H30FNO. The Morgan fingerprint density at radius 3 is 2.85 bits per heavy atom. The van der Waals surface area contributed by atoms with Gasteiger partial charge in [-0.3, -0.25) is 4.90 Å². The van der Waals surface area contributed by atoms with E-state index >= 15 is 0 Å². The fourth-order valence-electron chi connectivity index (χ4n) is 4.79. The van der Waals surface area contributed by atoms with Gasteiger partial charge in [-0.15, -0.1) is 0 Å². The van der Waals surface area contributed by atoms with Crippen LogP contribution in [0.2, 0.25) is 0 Å². The van der Waals surface area contributed by atoms with Gasteiger partial charge in [0.1, 0.15) is 6.10 Å². The third-order valence-electron chi connectivity index (χ3n) is 6.36. The van der Waals surface area contributed by atoms with Crippen molar-refractivity contribution < 1.29 is 9.13 Å². The van der Waals surface area contributed by atoms with Crippen molar-refractivity contribution in [1.82, 2.24) is 4.90 Å². The van der Waals surface area contributed by atoms with E-state index in [9.17, 15) is 4.39 Å². The fraction of sp³-hybridized carbons (Fsp3) is 0.500. The fourth-order valence-corrected chi connectivity index (χ4v) is 4.79. The Labute approximate surface area is 162 Å². The lowest BCUT2D eigenvalue weighted by molar-refractivity contribution is 0.0243. The predicted octanol–water partition coefficient (Wildman–Crippen LogP) is 5.69. The Kier molecular flexibility index (Phi) is 5.49. The number of nitrogens with zero attached hydrogens (tertiary/aromatic N) is 1. The van der Waals surface area contributed by atoms with E-state index in [1.807, 2.05) is 13.0 Å². The number of rotatable bonds is 4. The zero-order valence-electron chi connectivity index (χ0n) is 16.5. The van der Waals surface area contributed by atoms with E-state index in [1.165, 1.54) is 36.5 Å². The summed E-state index contributed by atoms with van der Waals surface area (Å²) in [6.07, 6.45) is 5.85. The molecule has 27 heavy (non-hydrogen) atoms. The lowest BCUT2D eigenvalue weighted by atomic mass is 9.83. The topological polar surface area (TPSA) is 12.5 Å². The molecule has 1 aliphatic carbocycles. The van der Waals surface area contributed by atoms with Crippen LogP contribution in [0.5, 0.6) is 5.75 Å². The smallest absolute Gasteiger partial charge is 0.165 e. The van der Waals surface area contributed by atoms with Crippen molar-refractivity contribution in [3.63, 3.8) is 0 Å². The summed E-state index contributed by atoms with van der Waals surface area (Å²) in [5.41, 5.74) is 3.60. The van der Waals surface area contributed by atoms with Gasteiger partial charge in [-0.25, -0.2) is 4.39 Å². The molecule has 0 spiro atoms. The number of ether oxygens (including phenoxy) is 1. The molecule has 1 aliphatic heterocycles. The molecular weight excluding hydrogens is 337 g/mol. The number of hydrogen-bond acceptors (Lipinski definition) is 2. The molecule has 3 unspecified atom stereocenters. The number of aryl methyl sites for hydroxylation is 2. The van der Waals surface area contributed by atoms with E-state index in [0.717, 1.165) is 37.4 Å². The summed E-state index contributed by atoms with van der Waals surface area (Å²) in [4.78, 5) is 2.62. The van der Waals surface area contributed by atoms with Crippen LogP contribution in [0, 0.1) is 18.7 Å². The Bertz CT molecular complexity index is 790. The van der Waals surface area contributed by atoms with Crippen LogP contribution in [0.25, 0.3) is 0 Å². The molecule has 1 heterocycles. The predicted molar refractivity (Wildman–Crippen MR) is 108 cm³/mol. The summed E-state index contributed by atoms with van der Waals surface area (Å²) in [5, 5.41) is 0. The van der Waals surface area contributed by atoms with Crippen molar-refractivity contribution in [3.8, 4) is 5.75 Å². The maximum atomic E-state index is 14.4. The van der Waals surface area contributed by atoms with Crippen LogP contribution in [0.15, 0.2) is 42.5 Å². The molecule has 0 radical (unpaired) electrons. The highest BCUT2D eigenvalue weighted by molar-refractivity contribution is 5.36. The van der Waals surface area contributed by atoms with Gasteiger partial charge in [0, 0.05) is 6.54 Å². The van der Waals surface area contributed by atoms with Crippen LogP contribution in [0.4, 0.5) is 4.39 Å². The van der Waals surface area contributed by atoms with Crippen LogP contribution in [0.3, 0.4) is 0 Å². The number of halogens is 1. The minimum absolute atomic E-state index is 0.109. The molecule has 0 aromatic heterocycles. The number of likely N-dealkylation sites (tertiary alicyclic amines) is 1. The molecule has 0 amide bonds. The van der Waals surface area contributed by atoms with Gasteiger partial charge in [-0.05, 0) is 73.9 Å². The highest BCUT2D eigenvalue weighted by Gasteiger charge is 2.37. The SMILES string of the molecule is CCC1CCCN(C2CCc3ccccc3C2Oc2cc(C)ccc2F)C1. The zero-order chi connectivity index (χ0) is 18.8. The van der Waals surface area contributed by atoms with Gasteiger partial charge in [0.25, 0.3) is 0 Å². The van der Waals surface area contributed by atoms with E-state index in [0.29, 0.717) is 11.8 Å². The highest BCUT2D eigenvalue weighted by atomic mass is 19.1. The Morgan fingerprint density at radius 1 is 1.15 bits per heavy atom. The van der Waals surface area contributed by atoms with Crippen molar-refractivity contribution >= 4 is 0 Å². The molecule has 0 N–H and O–H groups in total. The number of benzene rings is 2. The molecule has 1 fully saturated rings. The van der Waals surface area contributed by atoms with Crippen LogP contribution in [-0.2, 0) is 6.42 Å². The zero-order valence-corrected chi connectivity index (χ0v) is 16.5. The van der Waals surface area contributed by atoms with Crippen molar-refractivity contribution in [2.24, 2.45) is 5.92 Å².